The number of halogens is 1. The summed E-state index contributed by atoms with van der Waals surface area (Å²) in [5, 5.41) is 9.66. The Morgan fingerprint density at radius 3 is 2.58 bits per heavy atom. The number of carbonyl (C=O) groups is 1. The van der Waals surface area contributed by atoms with E-state index in [0.717, 1.165) is 19.0 Å². The van der Waals surface area contributed by atoms with Gasteiger partial charge in [0.1, 0.15) is 0 Å². The first-order valence-corrected chi connectivity index (χ1v) is 8.75. The molecule has 0 aromatic carbocycles. The molecular weight excluding hydrogens is 419 g/mol. The van der Waals surface area contributed by atoms with Crippen molar-refractivity contribution in [2.75, 3.05) is 20.2 Å². The predicted molar refractivity (Wildman–Crippen MR) is 106 cm³/mol. The summed E-state index contributed by atoms with van der Waals surface area (Å²) in [6.07, 6.45) is 5.35. The first-order valence-electron chi connectivity index (χ1n) is 8.75. The van der Waals surface area contributed by atoms with Gasteiger partial charge in [0, 0.05) is 36.6 Å². The summed E-state index contributed by atoms with van der Waals surface area (Å²) in [5.74, 6) is 1.29. The molecular formula is C17H31IN4O2. The van der Waals surface area contributed by atoms with Crippen LogP contribution in [0.1, 0.15) is 46.5 Å². The molecule has 0 bridgehead atoms. The monoisotopic (exact) mass is 450 g/mol. The molecule has 1 saturated heterocycles. The number of carbonyl (C=O) groups excluding carboxylic acids is 1. The maximum atomic E-state index is 11.9. The minimum atomic E-state index is -0.214. The molecule has 24 heavy (non-hydrogen) atoms. The van der Waals surface area contributed by atoms with Gasteiger partial charge in [-0.25, -0.2) is 0 Å². The SMILES string of the molecule is CN=C(NCC(=O)NC(C)(C)C)NC1C2CCOC2C12CCC2.I. The van der Waals surface area contributed by atoms with Crippen LogP contribution in [0.3, 0.4) is 0 Å². The first kappa shape index (κ1) is 19.8. The van der Waals surface area contributed by atoms with E-state index in [1.165, 1.54) is 19.3 Å². The molecule has 2 saturated carbocycles. The lowest BCUT2D eigenvalue weighted by Crippen LogP contribution is -2.72. The Labute approximate surface area is 162 Å². The van der Waals surface area contributed by atoms with Crippen molar-refractivity contribution in [3.05, 3.63) is 0 Å². The maximum Gasteiger partial charge on any atom is 0.239 e. The van der Waals surface area contributed by atoms with Crippen LogP contribution >= 0.6 is 24.0 Å². The highest BCUT2D eigenvalue weighted by molar-refractivity contribution is 14.0. The molecule has 3 fully saturated rings. The van der Waals surface area contributed by atoms with Gasteiger partial charge in [0.05, 0.1) is 12.6 Å². The quantitative estimate of drug-likeness (QED) is 0.347. The van der Waals surface area contributed by atoms with Gasteiger partial charge in [-0.3, -0.25) is 9.79 Å². The molecule has 3 rings (SSSR count). The Morgan fingerprint density at radius 1 is 1.33 bits per heavy atom. The Bertz CT molecular complexity index is 499. The summed E-state index contributed by atoms with van der Waals surface area (Å²) in [6, 6.07) is 0.431. The minimum Gasteiger partial charge on any atom is -0.377 e. The third kappa shape index (κ3) is 3.66. The van der Waals surface area contributed by atoms with Crippen LogP contribution in [-0.4, -0.2) is 49.8 Å². The maximum absolute atomic E-state index is 11.9. The van der Waals surface area contributed by atoms with E-state index in [1.54, 1.807) is 7.05 Å². The first-order chi connectivity index (χ1) is 10.9. The van der Waals surface area contributed by atoms with Crippen molar-refractivity contribution in [1.82, 2.24) is 16.0 Å². The fourth-order valence-corrected chi connectivity index (χ4v) is 4.42. The fraction of sp³-hybridized carbons (Fsp3) is 0.882. The third-order valence-electron chi connectivity index (χ3n) is 5.48. The zero-order chi connectivity index (χ0) is 16.7. The Kier molecular flexibility index (Phi) is 6.05. The smallest absolute Gasteiger partial charge is 0.239 e. The topological polar surface area (TPSA) is 74.8 Å². The molecule has 2 aliphatic carbocycles. The second-order valence-corrected chi connectivity index (χ2v) is 8.18. The number of hydrogen-bond acceptors (Lipinski definition) is 3. The fourth-order valence-electron chi connectivity index (χ4n) is 4.42. The molecule has 3 aliphatic rings. The summed E-state index contributed by atoms with van der Waals surface area (Å²) in [7, 11) is 1.76. The number of guanidine groups is 1. The minimum absolute atomic E-state index is 0. The molecule has 1 heterocycles. The van der Waals surface area contributed by atoms with E-state index in [-0.39, 0.29) is 42.0 Å². The summed E-state index contributed by atoms with van der Waals surface area (Å²) in [6.45, 7) is 7.06. The van der Waals surface area contributed by atoms with Crippen LogP contribution in [0, 0.1) is 11.3 Å². The summed E-state index contributed by atoms with van der Waals surface area (Å²) < 4.78 is 5.94. The summed E-state index contributed by atoms with van der Waals surface area (Å²) >= 11 is 0. The Morgan fingerprint density at radius 2 is 2.04 bits per heavy atom. The number of nitrogens with zero attached hydrogens (tertiary/aromatic N) is 1. The zero-order valence-electron chi connectivity index (χ0n) is 15.1. The number of ether oxygens (including phenoxy) is 1. The van der Waals surface area contributed by atoms with Crippen molar-refractivity contribution < 1.29 is 9.53 Å². The average molecular weight is 450 g/mol. The standard InChI is InChI=1S/C17H30N4O2.HI/c1-16(2,3)21-12(22)10-19-15(18-4)20-13-11-6-9-23-14(11)17(13)7-5-8-17;/h11,13-14H,5-10H2,1-4H3,(H,21,22)(H2,18,19,20);1H. The normalized spacial score (nSPS) is 30.5. The highest BCUT2D eigenvalue weighted by Gasteiger charge is 2.66. The lowest BCUT2D eigenvalue weighted by Gasteiger charge is -2.63. The number of amides is 1. The number of hydrogen-bond donors (Lipinski definition) is 3. The Balaban J connectivity index is 0.00000208. The lowest BCUT2D eigenvalue weighted by atomic mass is 9.46. The van der Waals surface area contributed by atoms with Crippen LogP contribution < -0.4 is 16.0 Å². The zero-order valence-corrected chi connectivity index (χ0v) is 17.5. The summed E-state index contributed by atoms with van der Waals surface area (Å²) in [4.78, 5) is 16.2. The molecule has 3 N–H and O–H groups in total. The van der Waals surface area contributed by atoms with Gasteiger partial charge in [-0.15, -0.1) is 24.0 Å². The summed E-state index contributed by atoms with van der Waals surface area (Å²) in [5.41, 5.74) is 0.0978. The second-order valence-electron chi connectivity index (χ2n) is 8.18. The molecule has 3 atom stereocenters. The van der Waals surface area contributed by atoms with E-state index < -0.39 is 0 Å². The van der Waals surface area contributed by atoms with Crippen LogP contribution in [0.15, 0.2) is 4.99 Å². The predicted octanol–water partition coefficient (Wildman–Crippen LogP) is 1.64. The number of fused-ring (bicyclic) bond motifs is 2. The molecule has 0 aromatic rings. The van der Waals surface area contributed by atoms with Crippen molar-refractivity contribution in [2.24, 2.45) is 16.3 Å². The molecule has 7 heteroatoms. The van der Waals surface area contributed by atoms with Gasteiger partial charge >= 0.3 is 0 Å². The number of rotatable bonds is 3. The van der Waals surface area contributed by atoms with Crippen LogP contribution in [0.4, 0.5) is 0 Å². The second kappa shape index (κ2) is 7.35. The number of nitrogens with one attached hydrogen (secondary N) is 3. The lowest BCUT2D eigenvalue weighted by molar-refractivity contribution is -0.171. The van der Waals surface area contributed by atoms with E-state index in [9.17, 15) is 4.79 Å². The Hall–Kier alpha value is -0.570. The molecule has 3 unspecified atom stereocenters. The third-order valence-corrected chi connectivity index (χ3v) is 5.48. The molecule has 138 valence electrons. The number of aliphatic imine (C=N–C) groups is 1. The van der Waals surface area contributed by atoms with Gasteiger partial charge in [0.2, 0.25) is 5.91 Å². The van der Waals surface area contributed by atoms with Crippen molar-refractivity contribution >= 4 is 35.8 Å². The molecule has 0 aromatic heterocycles. The van der Waals surface area contributed by atoms with Gasteiger partial charge in [-0.1, -0.05) is 6.42 Å². The van der Waals surface area contributed by atoms with E-state index >= 15 is 0 Å². The average Bonchev–Trinajstić information content (AvgIpc) is 2.80. The van der Waals surface area contributed by atoms with Gasteiger partial charge in [-0.2, -0.15) is 0 Å². The van der Waals surface area contributed by atoms with Crippen LogP contribution in [0.5, 0.6) is 0 Å². The van der Waals surface area contributed by atoms with Gasteiger partial charge in [0.15, 0.2) is 5.96 Å². The van der Waals surface area contributed by atoms with E-state index in [1.807, 2.05) is 20.8 Å². The van der Waals surface area contributed by atoms with Crippen molar-refractivity contribution in [3.8, 4) is 0 Å². The van der Waals surface area contributed by atoms with E-state index in [0.29, 0.717) is 23.5 Å². The van der Waals surface area contributed by atoms with Gasteiger partial charge in [-0.05, 0) is 40.0 Å². The van der Waals surface area contributed by atoms with Crippen molar-refractivity contribution in [1.29, 1.82) is 0 Å². The van der Waals surface area contributed by atoms with Gasteiger partial charge in [0.25, 0.3) is 0 Å². The molecule has 1 aliphatic heterocycles. The van der Waals surface area contributed by atoms with E-state index in [2.05, 4.69) is 20.9 Å². The van der Waals surface area contributed by atoms with Crippen molar-refractivity contribution in [3.63, 3.8) is 0 Å². The highest BCUT2D eigenvalue weighted by atomic mass is 127. The molecule has 1 amide bonds. The molecule has 1 spiro atoms. The molecule has 0 radical (unpaired) electrons. The van der Waals surface area contributed by atoms with Crippen molar-refractivity contribution in [2.45, 2.75) is 64.1 Å². The van der Waals surface area contributed by atoms with Crippen LogP contribution in [-0.2, 0) is 9.53 Å². The molecule has 6 nitrogen and oxygen atoms in total. The largest absolute Gasteiger partial charge is 0.377 e. The van der Waals surface area contributed by atoms with Crippen LogP contribution in [0.25, 0.3) is 0 Å². The highest BCUT2D eigenvalue weighted by Crippen LogP contribution is 2.62. The van der Waals surface area contributed by atoms with E-state index in [4.69, 9.17) is 4.74 Å². The van der Waals surface area contributed by atoms with Crippen LogP contribution in [0.2, 0.25) is 0 Å². The van der Waals surface area contributed by atoms with Gasteiger partial charge < -0.3 is 20.7 Å².